The van der Waals surface area contributed by atoms with Gasteiger partial charge >= 0.3 is 0 Å². The molecule has 1 spiro atoms. The molecule has 0 amide bonds. The first-order valence-corrected chi connectivity index (χ1v) is 5.42. The molecule has 4 heteroatoms. The van der Waals surface area contributed by atoms with Gasteiger partial charge in [-0.25, -0.2) is 8.78 Å². The van der Waals surface area contributed by atoms with Crippen LogP contribution in [-0.4, -0.2) is 11.3 Å². The maximum atomic E-state index is 12.6. The van der Waals surface area contributed by atoms with E-state index >= 15 is 0 Å². The van der Waals surface area contributed by atoms with Crippen molar-refractivity contribution in [2.75, 3.05) is 5.33 Å². The lowest BCUT2D eigenvalue weighted by Crippen LogP contribution is -2.58. The molecule has 0 aliphatic heterocycles. The summed E-state index contributed by atoms with van der Waals surface area (Å²) in [6, 6.07) is 2.22. The number of rotatable bonds is 1. The van der Waals surface area contributed by atoms with Crippen LogP contribution in [-0.2, 0) is 0 Å². The van der Waals surface area contributed by atoms with Crippen molar-refractivity contribution in [2.45, 2.75) is 31.6 Å². The van der Waals surface area contributed by atoms with E-state index in [4.69, 9.17) is 5.26 Å². The summed E-state index contributed by atoms with van der Waals surface area (Å²) in [7, 11) is 0. The van der Waals surface area contributed by atoms with Crippen LogP contribution >= 0.6 is 15.9 Å². The van der Waals surface area contributed by atoms with Gasteiger partial charge in [0.1, 0.15) is 0 Å². The highest BCUT2D eigenvalue weighted by atomic mass is 79.9. The Balaban J connectivity index is 1.96. The summed E-state index contributed by atoms with van der Waals surface area (Å²) in [5.74, 6) is -2.45. The van der Waals surface area contributed by atoms with E-state index in [9.17, 15) is 8.78 Å². The molecule has 2 fully saturated rings. The summed E-state index contributed by atoms with van der Waals surface area (Å²) in [5, 5.41) is 9.47. The minimum atomic E-state index is -2.45. The molecule has 0 radical (unpaired) electrons. The van der Waals surface area contributed by atoms with E-state index in [1.165, 1.54) is 0 Å². The van der Waals surface area contributed by atoms with E-state index in [0.717, 1.165) is 0 Å². The smallest absolute Gasteiger partial charge is 0.207 e. The van der Waals surface area contributed by atoms with E-state index in [1.54, 1.807) is 0 Å². The average molecular weight is 250 g/mol. The Hall–Kier alpha value is -0.170. The summed E-state index contributed by atoms with van der Waals surface area (Å²) >= 11 is 3.27. The lowest BCUT2D eigenvalue weighted by Gasteiger charge is -2.60. The van der Waals surface area contributed by atoms with Crippen molar-refractivity contribution < 1.29 is 8.78 Å². The Kier molecular flexibility index (Phi) is 1.76. The fourth-order valence-corrected chi connectivity index (χ4v) is 3.40. The van der Waals surface area contributed by atoms with Crippen molar-refractivity contribution in [1.82, 2.24) is 0 Å². The number of alkyl halides is 3. The molecular formula is C9H10BrF2N. The molecule has 1 nitrogen and oxygen atoms in total. The highest BCUT2D eigenvalue weighted by molar-refractivity contribution is 9.09. The van der Waals surface area contributed by atoms with Crippen molar-refractivity contribution >= 4 is 15.9 Å². The second kappa shape index (κ2) is 2.44. The third-order valence-corrected chi connectivity index (χ3v) is 4.26. The molecule has 2 rings (SSSR count). The number of hydrogen-bond donors (Lipinski definition) is 0. The van der Waals surface area contributed by atoms with Crippen LogP contribution in [0.4, 0.5) is 8.78 Å². The van der Waals surface area contributed by atoms with E-state index in [1.807, 2.05) is 0 Å². The summed E-state index contributed by atoms with van der Waals surface area (Å²) in [4.78, 5) is 0. The summed E-state index contributed by atoms with van der Waals surface area (Å²) in [6.07, 6.45) is 1.29. The molecule has 72 valence electrons. The Morgan fingerprint density at radius 3 is 2.08 bits per heavy atom. The largest absolute Gasteiger partial charge is 0.249 e. The van der Waals surface area contributed by atoms with Crippen LogP contribution in [0.5, 0.6) is 0 Å². The summed E-state index contributed by atoms with van der Waals surface area (Å²) in [5.41, 5.74) is -0.538. The second-order valence-corrected chi connectivity index (χ2v) is 5.15. The maximum Gasteiger partial charge on any atom is 0.249 e. The van der Waals surface area contributed by atoms with Crippen LogP contribution in [0.3, 0.4) is 0 Å². The molecule has 13 heavy (non-hydrogen) atoms. The van der Waals surface area contributed by atoms with Crippen LogP contribution in [0.2, 0.25) is 0 Å². The monoisotopic (exact) mass is 249 g/mol. The normalized spacial score (nSPS) is 31.5. The summed E-state index contributed by atoms with van der Waals surface area (Å²) in [6.45, 7) is 0. The third kappa shape index (κ3) is 1.28. The molecule has 0 N–H and O–H groups in total. The SMILES string of the molecule is N#CC1(CBr)CC2(CC(F)(F)C2)C1. The first-order chi connectivity index (χ1) is 5.95. The van der Waals surface area contributed by atoms with Crippen LogP contribution in [0.25, 0.3) is 0 Å². The number of hydrogen-bond acceptors (Lipinski definition) is 1. The molecule has 2 aliphatic carbocycles. The van der Waals surface area contributed by atoms with Gasteiger partial charge in [-0.2, -0.15) is 5.26 Å². The fraction of sp³-hybridized carbons (Fsp3) is 0.889. The molecule has 0 aromatic rings. The maximum absolute atomic E-state index is 12.6. The van der Waals surface area contributed by atoms with Crippen molar-refractivity contribution in [3.8, 4) is 6.07 Å². The number of nitriles is 1. The molecule has 0 aromatic carbocycles. The van der Waals surface area contributed by atoms with E-state index < -0.39 is 5.92 Å². The quantitative estimate of drug-likeness (QED) is 0.656. The van der Waals surface area contributed by atoms with E-state index in [2.05, 4.69) is 22.0 Å². The Labute approximate surface area is 84.2 Å². The molecular weight excluding hydrogens is 240 g/mol. The van der Waals surface area contributed by atoms with Gasteiger partial charge in [0.25, 0.3) is 0 Å². The predicted molar refractivity (Wildman–Crippen MR) is 47.7 cm³/mol. The Morgan fingerprint density at radius 1 is 1.23 bits per heavy atom. The molecule has 0 aromatic heterocycles. The zero-order valence-electron chi connectivity index (χ0n) is 7.12. The molecule has 0 heterocycles. The van der Waals surface area contributed by atoms with Crippen molar-refractivity contribution in [3.05, 3.63) is 0 Å². The lowest BCUT2D eigenvalue weighted by atomic mass is 9.45. The number of halogens is 3. The Morgan fingerprint density at radius 2 is 1.77 bits per heavy atom. The van der Waals surface area contributed by atoms with Gasteiger partial charge in [-0.05, 0) is 18.3 Å². The first kappa shape index (κ1) is 9.39. The lowest BCUT2D eigenvalue weighted by molar-refractivity contribution is -0.215. The van der Waals surface area contributed by atoms with Gasteiger partial charge in [0.05, 0.1) is 11.5 Å². The van der Waals surface area contributed by atoms with Crippen LogP contribution < -0.4 is 0 Å². The molecule has 2 aliphatic rings. The molecule has 2 saturated carbocycles. The number of nitrogens with zero attached hydrogens (tertiary/aromatic N) is 1. The predicted octanol–water partition coefficient (Wildman–Crippen LogP) is 3.10. The van der Waals surface area contributed by atoms with Gasteiger partial charge < -0.3 is 0 Å². The Bertz CT molecular complexity index is 266. The van der Waals surface area contributed by atoms with Gasteiger partial charge in [-0.15, -0.1) is 0 Å². The van der Waals surface area contributed by atoms with Crippen LogP contribution in [0.1, 0.15) is 25.7 Å². The van der Waals surface area contributed by atoms with Gasteiger partial charge in [-0.3, -0.25) is 0 Å². The second-order valence-electron chi connectivity index (χ2n) is 4.59. The standard InChI is InChI=1S/C9H10BrF2N/c10-5-8(6-13)1-7(2-8)3-9(11,12)4-7/h1-5H2. The third-order valence-electron chi connectivity index (χ3n) is 3.19. The zero-order chi connectivity index (χ0) is 9.74. The van der Waals surface area contributed by atoms with Crippen LogP contribution in [0.15, 0.2) is 0 Å². The van der Waals surface area contributed by atoms with Crippen molar-refractivity contribution in [2.24, 2.45) is 10.8 Å². The molecule has 0 saturated heterocycles. The molecule has 0 atom stereocenters. The van der Waals surface area contributed by atoms with Gasteiger partial charge in [0.15, 0.2) is 0 Å². The van der Waals surface area contributed by atoms with Gasteiger partial charge in [-0.1, -0.05) is 15.9 Å². The average Bonchev–Trinajstić information content (AvgIpc) is 1.94. The highest BCUT2D eigenvalue weighted by Crippen LogP contribution is 2.68. The molecule has 0 bridgehead atoms. The van der Waals surface area contributed by atoms with Gasteiger partial charge in [0.2, 0.25) is 5.92 Å². The topological polar surface area (TPSA) is 23.8 Å². The summed E-state index contributed by atoms with van der Waals surface area (Å²) < 4.78 is 25.2. The minimum Gasteiger partial charge on any atom is -0.207 e. The molecule has 0 unspecified atom stereocenters. The highest BCUT2D eigenvalue weighted by Gasteiger charge is 2.66. The van der Waals surface area contributed by atoms with Crippen LogP contribution in [0, 0.1) is 22.2 Å². The fourth-order valence-electron chi connectivity index (χ4n) is 2.88. The van der Waals surface area contributed by atoms with Gasteiger partial charge in [0, 0.05) is 18.2 Å². The minimum absolute atomic E-state index is 0.00354. The van der Waals surface area contributed by atoms with Crippen molar-refractivity contribution in [1.29, 1.82) is 5.26 Å². The zero-order valence-corrected chi connectivity index (χ0v) is 8.70. The van der Waals surface area contributed by atoms with E-state index in [0.29, 0.717) is 18.2 Å². The van der Waals surface area contributed by atoms with E-state index in [-0.39, 0.29) is 23.7 Å². The first-order valence-electron chi connectivity index (χ1n) is 4.30. The van der Waals surface area contributed by atoms with Crippen molar-refractivity contribution in [3.63, 3.8) is 0 Å².